The van der Waals surface area contributed by atoms with E-state index < -0.39 is 56.5 Å². The van der Waals surface area contributed by atoms with Gasteiger partial charge in [-0.25, -0.2) is 16.8 Å². The summed E-state index contributed by atoms with van der Waals surface area (Å²) in [7, 11) is -15.0. The smallest absolute Gasteiger partial charge is 0.870 e. The standard InChI is InChI=1S/C32H23N5O10S3.3Na/c38-32-30(50(45,46)47)17-19-16-22(48(39,40)41)11-12-23(19)31(32)37-36-27-15-14-26(24-8-4-5-9-25(24)27)35-34-21-10-13-28(29(18-21)49(42,43)44)33-20-6-2-1-3-7-20;;;/h1-18,33,38H,(H,39,40,41)(H,42,43,44)(H,45,46,47);;;/q;3*+1/p-3. The van der Waals surface area contributed by atoms with E-state index in [0.29, 0.717) is 22.1 Å². The van der Waals surface area contributed by atoms with Crippen molar-refractivity contribution in [3.8, 4) is 5.75 Å². The van der Waals surface area contributed by atoms with Gasteiger partial charge in [0.15, 0.2) is 0 Å². The van der Waals surface area contributed by atoms with Gasteiger partial charge >= 0.3 is 88.7 Å². The van der Waals surface area contributed by atoms with Crippen LogP contribution in [0.5, 0.6) is 5.75 Å². The van der Waals surface area contributed by atoms with E-state index in [9.17, 15) is 44.0 Å². The van der Waals surface area contributed by atoms with Gasteiger partial charge in [0.05, 0.1) is 43.1 Å². The van der Waals surface area contributed by atoms with E-state index in [1.54, 1.807) is 54.6 Å². The van der Waals surface area contributed by atoms with Gasteiger partial charge in [-0.2, -0.15) is 18.6 Å². The van der Waals surface area contributed by atoms with Crippen molar-refractivity contribution in [1.29, 1.82) is 0 Å². The Kier molecular flexibility index (Phi) is 15.1. The van der Waals surface area contributed by atoms with E-state index in [4.69, 9.17) is 0 Å². The molecule has 0 aliphatic heterocycles. The fourth-order valence-electron chi connectivity index (χ4n) is 4.99. The van der Waals surface area contributed by atoms with Gasteiger partial charge in [0, 0.05) is 21.8 Å². The van der Waals surface area contributed by atoms with Crippen LogP contribution in [0.2, 0.25) is 0 Å². The van der Waals surface area contributed by atoms with Crippen molar-refractivity contribution in [2.24, 2.45) is 20.5 Å². The fraction of sp³-hybridized carbons (Fsp3) is 0. The normalized spacial score (nSPS) is 12.0. The number of fused-ring (bicyclic) bond motifs is 2. The second kappa shape index (κ2) is 17.9. The quantitative estimate of drug-likeness (QED) is 0.0894. The topological polar surface area (TPSA) is 253 Å². The van der Waals surface area contributed by atoms with Crippen LogP contribution < -0.4 is 99.1 Å². The molecular formula is C32H20N5Na3O10S3. The van der Waals surface area contributed by atoms with Crippen molar-refractivity contribution in [3.63, 3.8) is 0 Å². The number of nitrogens with zero attached hydrogens (tertiary/aromatic N) is 4. The van der Waals surface area contributed by atoms with Crippen LogP contribution in [0.15, 0.2) is 144 Å². The molecule has 0 fully saturated rings. The second-order valence-electron chi connectivity index (χ2n) is 10.5. The molecule has 0 spiro atoms. The first-order valence-corrected chi connectivity index (χ1v) is 18.3. The zero-order chi connectivity index (χ0) is 35.8. The van der Waals surface area contributed by atoms with Crippen LogP contribution in [0.4, 0.5) is 34.1 Å². The maximum absolute atomic E-state index is 13.1. The molecule has 0 saturated carbocycles. The molecule has 0 aromatic heterocycles. The monoisotopic (exact) mass is 799 g/mol. The molecule has 0 bridgehead atoms. The number of azo groups is 2. The Hall–Kier alpha value is -2.63. The molecule has 53 heavy (non-hydrogen) atoms. The summed E-state index contributed by atoms with van der Waals surface area (Å²) in [5.41, 5.74) is 0.605. The third-order valence-electron chi connectivity index (χ3n) is 7.27. The molecule has 15 nitrogen and oxygen atoms in total. The Morgan fingerprint density at radius 3 is 1.72 bits per heavy atom. The summed E-state index contributed by atoms with van der Waals surface area (Å²) in [6.07, 6.45) is 0. The zero-order valence-corrected chi connectivity index (χ0v) is 36.5. The number of benzene rings is 6. The molecule has 0 saturated heterocycles. The van der Waals surface area contributed by atoms with E-state index in [0.717, 1.165) is 30.3 Å². The molecule has 21 heteroatoms. The first-order chi connectivity index (χ1) is 23.6. The Morgan fingerprint density at radius 1 is 0.566 bits per heavy atom. The molecule has 0 atom stereocenters. The number of hydrogen-bond acceptors (Lipinski definition) is 14. The van der Waals surface area contributed by atoms with Crippen LogP contribution >= 0.6 is 0 Å². The SMILES string of the molecule is O=S(=O)([O-])c1ccc2c(N=Nc3ccc(N=Nc4ccc(Nc5ccccc5)c(S(=O)(=O)[O-])c4)c4ccccc34)c([O-])c(S(=O)(=O)O)cc2c1.[Na+].[Na+].[Na+]. The summed E-state index contributed by atoms with van der Waals surface area (Å²) >= 11 is 0. The minimum Gasteiger partial charge on any atom is -0.870 e. The Bertz CT molecular complexity index is 2740. The number of anilines is 2. The van der Waals surface area contributed by atoms with Crippen molar-refractivity contribution >= 4 is 86.0 Å². The summed E-state index contributed by atoms with van der Waals surface area (Å²) in [5, 5.41) is 33.2. The molecule has 0 unspecified atom stereocenters. The maximum atomic E-state index is 13.1. The molecular weight excluding hydrogens is 780 g/mol. The first kappa shape index (κ1) is 44.8. The molecule has 6 aromatic rings. The predicted molar refractivity (Wildman–Crippen MR) is 178 cm³/mol. The molecule has 0 heterocycles. The van der Waals surface area contributed by atoms with Crippen molar-refractivity contribution in [3.05, 3.63) is 109 Å². The predicted octanol–water partition coefficient (Wildman–Crippen LogP) is -2.29. The molecule has 254 valence electrons. The molecule has 0 aliphatic rings. The number of rotatable bonds is 9. The summed E-state index contributed by atoms with van der Waals surface area (Å²) in [6, 6.07) is 25.8. The van der Waals surface area contributed by atoms with Gasteiger partial charge in [0.2, 0.25) is 0 Å². The van der Waals surface area contributed by atoms with Gasteiger partial charge in [-0.1, -0.05) is 54.3 Å². The summed E-state index contributed by atoms with van der Waals surface area (Å²) in [4.78, 5) is -2.33. The molecule has 0 aliphatic carbocycles. The number of hydrogen-bond donors (Lipinski definition) is 2. The average Bonchev–Trinajstić information content (AvgIpc) is 3.06. The zero-order valence-electron chi connectivity index (χ0n) is 28.0. The van der Waals surface area contributed by atoms with Crippen molar-refractivity contribution < 1.29 is 133 Å². The number of para-hydroxylation sites is 1. The van der Waals surface area contributed by atoms with Crippen LogP contribution in [-0.4, -0.2) is 38.9 Å². The van der Waals surface area contributed by atoms with Gasteiger partial charge in [0.1, 0.15) is 20.2 Å². The van der Waals surface area contributed by atoms with Crippen molar-refractivity contribution in [1.82, 2.24) is 0 Å². The van der Waals surface area contributed by atoms with Gasteiger partial charge in [-0.15, -0.1) is 10.2 Å². The van der Waals surface area contributed by atoms with E-state index in [-0.39, 0.29) is 117 Å². The van der Waals surface area contributed by atoms with E-state index >= 15 is 0 Å². The van der Waals surface area contributed by atoms with Crippen LogP contribution in [0.3, 0.4) is 0 Å². The molecule has 6 aromatic carbocycles. The Balaban J connectivity index is 0.00000252. The first-order valence-electron chi connectivity index (χ1n) is 14.1. The fourth-order valence-corrected chi connectivity index (χ4v) is 6.75. The van der Waals surface area contributed by atoms with Gasteiger partial charge in [-0.3, -0.25) is 4.55 Å². The molecule has 0 amide bonds. The van der Waals surface area contributed by atoms with Gasteiger partial charge < -0.3 is 19.5 Å². The second-order valence-corrected chi connectivity index (χ2v) is 14.7. The average molecular weight is 800 g/mol. The molecule has 0 radical (unpaired) electrons. The van der Waals surface area contributed by atoms with Crippen LogP contribution in [0.25, 0.3) is 21.5 Å². The summed E-state index contributed by atoms with van der Waals surface area (Å²) < 4.78 is 104. The summed E-state index contributed by atoms with van der Waals surface area (Å²) in [6.45, 7) is 0. The van der Waals surface area contributed by atoms with E-state index in [2.05, 4.69) is 25.8 Å². The third kappa shape index (κ3) is 10.4. The maximum Gasteiger partial charge on any atom is 1.00 e. The van der Waals surface area contributed by atoms with E-state index in [1.807, 2.05) is 0 Å². The van der Waals surface area contributed by atoms with Crippen LogP contribution in [-0.2, 0) is 30.4 Å². The Labute approximate surface area is 369 Å². The third-order valence-corrected chi connectivity index (χ3v) is 9.83. The van der Waals surface area contributed by atoms with Crippen LogP contribution in [0.1, 0.15) is 0 Å². The van der Waals surface area contributed by atoms with E-state index in [1.165, 1.54) is 24.3 Å². The van der Waals surface area contributed by atoms with Crippen molar-refractivity contribution in [2.75, 3.05) is 5.32 Å². The minimum atomic E-state index is -5.09. The summed E-state index contributed by atoms with van der Waals surface area (Å²) in [5.74, 6) is -1.22. The van der Waals surface area contributed by atoms with Crippen LogP contribution in [0, 0.1) is 0 Å². The van der Waals surface area contributed by atoms with Gasteiger partial charge in [0.25, 0.3) is 10.1 Å². The van der Waals surface area contributed by atoms with Gasteiger partial charge in [-0.05, 0) is 66.0 Å². The largest absolute Gasteiger partial charge is 1.00 e. The number of nitrogens with one attached hydrogen (secondary N) is 1. The Morgan fingerprint density at radius 2 is 1.15 bits per heavy atom. The molecule has 2 N–H and O–H groups in total. The van der Waals surface area contributed by atoms with Crippen molar-refractivity contribution in [2.45, 2.75) is 14.7 Å². The molecule has 6 rings (SSSR count). The minimum absolute atomic E-state index is 0.